The van der Waals surface area contributed by atoms with Gasteiger partial charge < -0.3 is 14.2 Å². The third kappa shape index (κ3) is 2.05. The maximum absolute atomic E-state index is 6.02. The van der Waals surface area contributed by atoms with Gasteiger partial charge in [-0.15, -0.1) is 0 Å². The molecule has 1 aromatic carbocycles. The Hall–Kier alpha value is -2.14. The van der Waals surface area contributed by atoms with Crippen molar-refractivity contribution in [2.45, 2.75) is 6.92 Å². The molecule has 108 valence electrons. The number of fused-ring (bicyclic) bond motifs is 3. The molecule has 5 nitrogen and oxygen atoms in total. The van der Waals surface area contributed by atoms with Gasteiger partial charge in [-0.25, -0.2) is 9.97 Å². The zero-order valence-electron chi connectivity index (χ0n) is 12.2. The molecule has 0 aliphatic carbocycles. The SMILES string of the molecule is CC[NH+]1CCN(c2ncnc3c2oc2ccccc23)CC1. The molecule has 0 spiro atoms. The molecule has 1 aliphatic heterocycles. The molecule has 4 rings (SSSR count). The highest BCUT2D eigenvalue weighted by Gasteiger charge is 2.23. The summed E-state index contributed by atoms with van der Waals surface area (Å²) in [4.78, 5) is 12.9. The van der Waals surface area contributed by atoms with Gasteiger partial charge in [-0.2, -0.15) is 0 Å². The zero-order valence-corrected chi connectivity index (χ0v) is 12.2. The first-order valence-corrected chi connectivity index (χ1v) is 7.57. The van der Waals surface area contributed by atoms with E-state index in [-0.39, 0.29) is 0 Å². The topological polar surface area (TPSA) is 46.6 Å². The van der Waals surface area contributed by atoms with Crippen molar-refractivity contribution in [2.75, 3.05) is 37.6 Å². The number of hydrogen-bond acceptors (Lipinski definition) is 4. The number of nitrogens with zero attached hydrogens (tertiary/aromatic N) is 3. The molecule has 2 aromatic heterocycles. The Morgan fingerprint density at radius 1 is 1.19 bits per heavy atom. The lowest BCUT2D eigenvalue weighted by atomic mass is 10.2. The van der Waals surface area contributed by atoms with Gasteiger partial charge in [-0.05, 0) is 19.1 Å². The summed E-state index contributed by atoms with van der Waals surface area (Å²) in [6.07, 6.45) is 1.65. The molecule has 1 fully saturated rings. The third-order valence-corrected chi connectivity index (χ3v) is 4.41. The number of piperazine rings is 1. The van der Waals surface area contributed by atoms with Crippen molar-refractivity contribution >= 4 is 27.9 Å². The monoisotopic (exact) mass is 283 g/mol. The van der Waals surface area contributed by atoms with E-state index in [1.54, 1.807) is 11.2 Å². The number of rotatable bonds is 2. The largest absolute Gasteiger partial charge is 0.450 e. The van der Waals surface area contributed by atoms with Gasteiger partial charge in [0.25, 0.3) is 0 Å². The number of furan rings is 1. The number of para-hydroxylation sites is 1. The third-order valence-electron chi connectivity index (χ3n) is 4.41. The van der Waals surface area contributed by atoms with Crippen LogP contribution in [-0.4, -0.2) is 42.7 Å². The molecule has 0 atom stereocenters. The van der Waals surface area contributed by atoms with Gasteiger partial charge in [-0.3, -0.25) is 0 Å². The Kier molecular flexibility index (Phi) is 3.00. The highest BCUT2D eigenvalue weighted by Crippen LogP contribution is 2.31. The minimum atomic E-state index is 0.818. The lowest BCUT2D eigenvalue weighted by Gasteiger charge is -2.32. The summed E-state index contributed by atoms with van der Waals surface area (Å²) in [5, 5.41) is 1.06. The Labute approximate surface area is 123 Å². The second kappa shape index (κ2) is 5.00. The number of quaternary nitrogens is 1. The van der Waals surface area contributed by atoms with Crippen molar-refractivity contribution in [1.82, 2.24) is 9.97 Å². The fourth-order valence-corrected chi connectivity index (χ4v) is 3.13. The zero-order chi connectivity index (χ0) is 14.2. The molecule has 0 saturated carbocycles. The summed E-state index contributed by atoms with van der Waals surface area (Å²) in [5.74, 6) is 0.936. The van der Waals surface area contributed by atoms with Crippen LogP contribution in [-0.2, 0) is 0 Å². The highest BCUT2D eigenvalue weighted by molar-refractivity contribution is 6.05. The van der Waals surface area contributed by atoms with Crippen molar-refractivity contribution in [3.8, 4) is 0 Å². The van der Waals surface area contributed by atoms with Gasteiger partial charge in [0.15, 0.2) is 11.4 Å². The van der Waals surface area contributed by atoms with Crippen molar-refractivity contribution in [3.05, 3.63) is 30.6 Å². The summed E-state index contributed by atoms with van der Waals surface area (Å²) in [5.41, 5.74) is 2.62. The van der Waals surface area contributed by atoms with Crippen molar-refractivity contribution in [2.24, 2.45) is 0 Å². The van der Waals surface area contributed by atoms with E-state index in [1.165, 1.54) is 6.54 Å². The standard InChI is InChI=1S/C16H18N4O/c1-2-19-7-9-20(10-8-19)16-15-14(17-11-18-16)12-5-3-4-6-13(12)21-15/h3-6,11H,2,7-10H2,1H3/p+1. The van der Waals surface area contributed by atoms with Crippen LogP contribution in [0.15, 0.2) is 35.0 Å². The number of likely N-dealkylation sites (N-methyl/N-ethyl adjacent to an activating group) is 1. The second-order valence-electron chi connectivity index (χ2n) is 5.56. The molecule has 3 aromatic rings. The van der Waals surface area contributed by atoms with Gasteiger partial charge in [0, 0.05) is 5.39 Å². The van der Waals surface area contributed by atoms with Crippen LogP contribution in [0.3, 0.4) is 0 Å². The van der Waals surface area contributed by atoms with Gasteiger partial charge in [0.1, 0.15) is 17.4 Å². The minimum absolute atomic E-state index is 0.818. The molecule has 0 amide bonds. The first-order valence-electron chi connectivity index (χ1n) is 7.57. The lowest BCUT2D eigenvalue weighted by Crippen LogP contribution is -3.14. The molecule has 1 N–H and O–H groups in total. The maximum Gasteiger partial charge on any atom is 0.196 e. The molecule has 1 aliphatic rings. The van der Waals surface area contributed by atoms with Crippen LogP contribution in [0.4, 0.5) is 5.82 Å². The summed E-state index contributed by atoms with van der Waals surface area (Å²) in [6, 6.07) is 8.04. The van der Waals surface area contributed by atoms with Crippen LogP contribution in [0.2, 0.25) is 0 Å². The van der Waals surface area contributed by atoms with Crippen molar-refractivity contribution in [3.63, 3.8) is 0 Å². The highest BCUT2D eigenvalue weighted by atomic mass is 16.3. The summed E-state index contributed by atoms with van der Waals surface area (Å²) >= 11 is 0. The maximum atomic E-state index is 6.02. The second-order valence-corrected chi connectivity index (χ2v) is 5.56. The smallest absolute Gasteiger partial charge is 0.196 e. The Bertz CT molecular complexity index is 774. The first-order chi connectivity index (χ1) is 10.4. The molecule has 5 heteroatoms. The van der Waals surface area contributed by atoms with Crippen LogP contribution in [0.5, 0.6) is 0 Å². The molecule has 21 heavy (non-hydrogen) atoms. The summed E-state index contributed by atoms with van der Waals surface area (Å²) < 4.78 is 6.02. The normalized spacial score (nSPS) is 16.9. The van der Waals surface area contributed by atoms with Crippen LogP contribution < -0.4 is 9.80 Å². The van der Waals surface area contributed by atoms with Crippen molar-refractivity contribution < 1.29 is 9.32 Å². The molecule has 0 radical (unpaired) electrons. The Morgan fingerprint density at radius 3 is 2.81 bits per heavy atom. The first kappa shape index (κ1) is 12.6. The van der Waals surface area contributed by atoms with Gasteiger partial charge in [0.05, 0.1) is 32.7 Å². The molecule has 0 bridgehead atoms. The fraction of sp³-hybridized carbons (Fsp3) is 0.375. The van der Waals surface area contributed by atoms with E-state index >= 15 is 0 Å². The van der Waals surface area contributed by atoms with E-state index < -0.39 is 0 Å². The predicted molar refractivity (Wildman–Crippen MR) is 82.8 cm³/mol. The van der Waals surface area contributed by atoms with E-state index in [0.29, 0.717) is 0 Å². The van der Waals surface area contributed by atoms with E-state index in [4.69, 9.17) is 4.42 Å². The number of anilines is 1. The summed E-state index contributed by atoms with van der Waals surface area (Å²) in [7, 11) is 0. The molecule has 3 heterocycles. The molecular formula is C16H19N4O+. The van der Waals surface area contributed by atoms with E-state index in [1.807, 2.05) is 18.2 Å². The summed E-state index contributed by atoms with van der Waals surface area (Å²) in [6.45, 7) is 7.79. The number of benzene rings is 1. The van der Waals surface area contributed by atoms with Gasteiger partial charge >= 0.3 is 0 Å². The average Bonchev–Trinajstić information content (AvgIpc) is 2.94. The Morgan fingerprint density at radius 2 is 2.00 bits per heavy atom. The number of nitrogens with one attached hydrogen (secondary N) is 1. The van der Waals surface area contributed by atoms with E-state index in [9.17, 15) is 0 Å². The number of aromatic nitrogens is 2. The fourth-order valence-electron chi connectivity index (χ4n) is 3.13. The lowest BCUT2D eigenvalue weighted by molar-refractivity contribution is -0.898. The van der Waals surface area contributed by atoms with E-state index in [2.05, 4.69) is 27.9 Å². The van der Waals surface area contributed by atoms with Crippen LogP contribution in [0.1, 0.15) is 6.92 Å². The Balaban J connectivity index is 1.79. The molecule has 1 saturated heterocycles. The van der Waals surface area contributed by atoms with Crippen LogP contribution >= 0.6 is 0 Å². The average molecular weight is 283 g/mol. The van der Waals surface area contributed by atoms with Crippen LogP contribution in [0, 0.1) is 0 Å². The van der Waals surface area contributed by atoms with Crippen molar-refractivity contribution in [1.29, 1.82) is 0 Å². The van der Waals surface area contributed by atoms with Gasteiger partial charge in [0.2, 0.25) is 0 Å². The van der Waals surface area contributed by atoms with E-state index in [0.717, 1.165) is 54.1 Å². The minimum Gasteiger partial charge on any atom is -0.450 e. The van der Waals surface area contributed by atoms with Gasteiger partial charge in [-0.1, -0.05) is 12.1 Å². The quantitative estimate of drug-likeness (QED) is 0.765. The molecule has 0 unspecified atom stereocenters. The molecular weight excluding hydrogens is 264 g/mol. The van der Waals surface area contributed by atoms with Crippen LogP contribution in [0.25, 0.3) is 22.1 Å². The number of hydrogen-bond donors (Lipinski definition) is 1. The predicted octanol–water partition coefficient (Wildman–Crippen LogP) is 1.10.